The molecule has 2 rings (SSSR count). The molecule has 0 fully saturated rings. The van der Waals surface area contributed by atoms with Gasteiger partial charge in [-0.15, -0.1) is 0 Å². The number of methoxy groups -OCH3 is 1. The molecular formula is C12H15BrN4O. The second-order valence-corrected chi connectivity index (χ2v) is 4.73. The van der Waals surface area contributed by atoms with Crippen LogP contribution in [0.4, 0.5) is 0 Å². The maximum absolute atomic E-state index is 5.24. The molecule has 96 valence electrons. The van der Waals surface area contributed by atoms with Crippen molar-refractivity contribution in [2.75, 3.05) is 14.2 Å². The average Bonchev–Trinajstić information content (AvgIpc) is 2.91. The third-order valence-electron chi connectivity index (χ3n) is 2.79. The Labute approximate surface area is 114 Å². The SMILES string of the molecule is CNC(Cc1cc(OC)ccc1Br)c1ncn[nH]1. The maximum atomic E-state index is 5.24. The molecule has 1 unspecified atom stereocenters. The van der Waals surface area contributed by atoms with Crippen LogP contribution in [0.1, 0.15) is 17.4 Å². The fourth-order valence-electron chi connectivity index (χ4n) is 1.77. The number of benzene rings is 1. The van der Waals surface area contributed by atoms with E-state index in [9.17, 15) is 0 Å². The molecule has 0 aliphatic carbocycles. The van der Waals surface area contributed by atoms with Gasteiger partial charge < -0.3 is 10.1 Å². The molecule has 2 N–H and O–H groups in total. The van der Waals surface area contributed by atoms with E-state index >= 15 is 0 Å². The predicted molar refractivity (Wildman–Crippen MR) is 72.6 cm³/mol. The van der Waals surface area contributed by atoms with Crippen molar-refractivity contribution in [3.63, 3.8) is 0 Å². The average molecular weight is 311 g/mol. The van der Waals surface area contributed by atoms with E-state index in [4.69, 9.17) is 4.74 Å². The third kappa shape index (κ3) is 2.88. The number of halogens is 1. The lowest BCUT2D eigenvalue weighted by Gasteiger charge is -2.15. The summed E-state index contributed by atoms with van der Waals surface area (Å²) in [7, 11) is 3.57. The Morgan fingerprint density at radius 2 is 2.33 bits per heavy atom. The first kappa shape index (κ1) is 13.0. The molecule has 0 aliphatic rings. The summed E-state index contributed by atoms with van der Waals surface area (Å²) in [5, 5.41) is 9.98. The van der Waals surface area contributed by atoms with Crippen molar-refractivity contribution < 1.29 is 4.74 Å². The number of hydrogen-bond acceptors (Lipinski definition) is 4. The minimum absolute atomic E-state index is 0.0934. The third-order valence-corrected chi connectivity index (χ3v) is 3.56. The van der Waals surface area contributed by atoms with Crippen molar-refractivity contribution in [3.05, 3.63) is 40.4 Å². The van der Waals surface area contributed by atoms with Crippen LogP contribution in [0.3, 0.4) is 0 Å². The van der Waals surface area contributed by atoms with E-state index in [1.165, 1.54) is 6.33 Å². The molecule has 18 heavy (non-hydrogen) atoms. The molecule has 0 spiro atoms. The minimum Gasteiger partial charge on any atom is -0.497 e. The van der Waals surface area contributed by atoms with E-state index in [-0.39, 0.29) is 6.04 Å². The summed E-state index contributed by atoms with van der Waals surface area (Å²) in [5.41, 5.74) is 1.16. The van der Waals surface area contributed by atoms with Crippen LogP contribution >= 0.6 is 15.9 Å². The van der Waals surface area contributed by atoms with Gasteiger partial charge in [-0.3, -0.25) is 5.10 Å². The summed E-state index contributed by atoms with van der Waals surface area (Å²) in [6.45, 7) is 0. The van der Waals surface area contributed by atoms with Gasteiger partial charge in [0.1, 0.15) is 17.9 Å². The van der Waals surface area contributed by atoms with Crippen molar-refractivity contribution in [3.8, 4) is 5.75 Å². The molecule has 0 radical (unpaired) electrons. The zero-order valence-corrected chi connectivity index (χ0v) is 11.9. The molecule has 2 aromatic rings. The summed E-state index contributed by atoms with van der Waals surface area (Å²) in [6, 6.07) is 6.03. The summed E-state index contributed by atoms with van der Waals surface area (Å²) in [6.07, 6.45) is 2.31. The number of H-pyrrole nitrogens is 1. The Hall–Kier alpha value is -1.40. The lowest BCUT2D eigenvalue weighted by atomic mass is 10.1. The Morgan fingerprint density at radius 3 is 2.94 bits per heavy atom. The fourth-order valence-corrected chi connectivity index (χ4v) is 2.18. The van der Waals surface area contributed by atoms with Gasteiger partial charge >= 0.3 is 0 Å². The Bertz CT molecular complexity index is 501. The van der Waals surface area contributed by atoms with Crippen molar-refractivity contribution in [2.45, 2.75) is 12.5 Å². The van der Waals surface area contributed by atoms with Gasteiger partial charge in [-0.2, -0.15) is 5.10 Å². The first-order chi connectivity index (χ1) is 8.74. The standard InChI is InChI=1S/C12H15BrN4O/c1-14-11(12-15-7-16-17-12)6-8-5-9(18-2)3-4-10(8)13/h3-5,7,11,14H,6H2,1-2H3,(H,15,16,17). The zero-order valence-electron chi connectivity index (χ0n) is 10.3. The monoisotopic (exact) mass is 310 g/mol. The van der Waals surface area contributed by atoms with Crippen molar-refractivity contribution >= 4 is 15.9 Å². The Kier molecular flexibility index (Phi) is 4.33. The molecule has 0 bridgehead atoms. The molecule has 1 heterocycles. The summed E-state index contributed by atoms with van der Waals surface area (Å²) >= 11 is 3.55. The first-order valence-electron chi connectivity index (χ1n) is 5.59. The number of rotatable bonds is 5. The predicted octanol–water partition coefficient (Wildman–Crippen LogP) is 2.08. The number of aromatic nitrogens is 3. The van der Waals surface area contributed by atoms with Gasteiger partial charge in [0.15, 0.2) is 0 Å². The van der Waals surface area contributed by atoms with Gasteiger partial charge in [0.25, 0.3) is 0 Å². The van der Waals surface area contributed by atoms with Gasteiger partial charge in [0.2, 0.25) is 0 Å². The molecule has 0 amide bonds. The van der Waals surface area contributed by atoms with Crippen LogP contribution < -0.4 is 10.1 Å². The number of ether oxygens (including phenoxy) is 1. The van der Waals surface area contributed by atoms with Crippen molar-refractivity contribution in [1.29, 1.82) is 0 Å². The van der Waals surface area contributed by atoms with Crippen LogP contribution in [0.15, 0.2) is 29.0 Å². The molecule has 0 saturated heterocycles. The highest BCUT2D eigenvalue weighted by Crippen LogP contribution is 2.26. The molecule has 1 atom stereocenters. The van der Waals surface area contributed by atoms with E-state index in [1.54, 1.807) is 7.11 Å². The summed E-state index contributed by atoms with van der Waals surface area (Å²) in [4.78, 5) is 4.18. The number of hydrogen-bond donors (Lipinski definition) is 2. The summed E-state index contributed by atoms with van der Waals surface area (Å²) in [5.74, 6) is 1.67. The fraction of sp³-hybridized carbons (Fsp3) is 0.333. The molecule has 1 aromatic heterocycles. The van der Waals surface area contributed by atoms with E-state index in [1.807, 2.05) is 25.2 Å². The largest absolute Gasteiger partial charge is 0.497 e. The topological polar surface area (TPSA) is 62.8 Å². The van der Waals surface area contributed by atoms with Crippen molar-refractivity contribution in [2.24, 2.45) is 0 Å². The van der Waals surface area contributed by atoms with Crippen LogP contribution in [0.2, 0.25) is 0 Å². The number of likely N-dealkylation sites (N-methyl/N-ethyl adjacent to an activating group) is 1. The van der Waals surface area contributed by atoms with Gasteiger partial charge in [-0.05, 0) is 37.2 Å². The van der Waals surface area contributed by atoms with E-state index in [0.717, 1.165) is 28.0 Å². The molecule has 6 heteroatoms. The highest BCUT2D eigenvalue weighted by atomic mass is 79.9. The van der Waals surface area contributed by atoms with Gasteiger partial charge in [-0.25, -0.2) is 4.98 Å². The number of aromatic amines is 1. The second-order valence-electron chi connectivity index (χ2n) is 3.87. The van der Waals surface area contributed by atoms with Gasteiger partial charge in [0, 0.05) is 4.47 Å². The zero-order chi connectivity index (χ0) is 13.0. The smallest absolute Gasteiger partial charge is 0.141 e. The van der Waals surface area contributed by atoms with Crippen LogP contribution in [-0.2, 0) is 6.42 Å². The van der Waals surface area contributed by atoms with Gasteiger partial charge in [0.05, 0.1) is 13.2 Å². The Morgan fingerprint density at radius 1 is 1.50 bits per heavy atom. The number of nitrogens with one attached hydrogen (secondary N) is 2. The molecular weight excluding hydrogens is 296 g/mol. The molecule has 1 aromatic carbocycles. The van der Waals surface area contributed by atoms with Crippen LogP contribution in [-0.4, -0.2) is 29.3 Å². The maximum Gasteiger partial charge on any atom is 0.141 e. The van der Waals surface area contributed by atoms with Gasteiger partial charge in [-0.1, -0.05) is 15.9 Å². The summed E-state index contributed by atoms with van der Waals surface area (Å²) < 4.78 is 6.30. The second kappa shape index (κ2) is 5.97. The molecule has 5 nitrogen and oxygen atoms in total. The van der Waals surface area contributed by atoms with Crippen LogP contribution in [0, 0.1) is 0 Å². The molecule has 0 saturated carbocycles. The van der Waals surface area contributed by atoms with E-state index in [2.05, 4.69) is 36.4 Å². The highest BCUT2D eigenvalue weighted by molar-refractivity contribution is 9.10. The van der Waals surface area contributed by atoms with Crippen molar-refractivity contribution in [1.82, 2.24) is 20.5 Å². The van der Waals surface area contributed by atoms with Crippen LogP contribution in [0.5, 0.6) is 5.75 Å². The lowest BCUT2D eigenvalue weighted by molar-refractivity contribution is 0.413. The first-order valence-corrected chi connectivity index (χ1v) is 6.39. The molecule has 0 aliphatic heterocycles. The number of nitrogens with zero attached hydrogens (tertiary/aromatic N) is 2. The minimum atomic E-state index is 0.0934. The Balaban J connectivity index is 2.21. The lowest BCUT2D eigenvalue weighted by Crippen LogP contribution is -2.20. The van der Waals surface area contributed by atoms with Crippen LogP contribution in [0.25, 0.3) is 0 Å². The van der Waals surface area contributed by atoms with E-state index < -0.39 is 0 Å². The normalized spacial score (nSPS) is 12.4. The van der Waals surface area contributed by atoms with E-state index in [0.29, 0.717) is 0 Å². The quantitative estimate of drug-likeness (QED) is 0.887. The highest BCUT2D eigenvalue weighted by Gasteiger charge is 2.15.